The Kier molecular flexibility index (Phi) is 3.87. The first-order valence-electron chi connectivity index (χ1n) is 5.51. The van der Waals surface area contributed by atoms with Gasteiger partial charge in [0.25, 0.3) is 0 Å². The van der Waals surface area contributed by atoms with Crippen LogP contribution >= 0.6 is 11.6 Å². The van der Waals surface area contributed by atoms with Gasteiger partial charge in [0.1, 0.15) is 5.75 Å². The summed E-state index contributed by atoms with van der Waals surface area (Å²) in [5.41, 5.74) is 7.31. The first-order chi connectivity index (χ1) is 7.20. The highest BCUT2D eigenvalue weighted by atomic mass is 35.5. The van der Waals surface area contributed by atoms with Gasteiger partial charge in [-0.3, -0.25) is 0 Å². The lowest BCUT2D eigenvalue weighted by Gasteiger charge is -2.21. The molecule has 1 rings (SSSR count). The SMILES string of the molecule is CC(C)c1cc(Cl)cc(CC(C)(C)N)c1O. The summed E-state index contributed by atoms with van der Waals surface area (Å²) in [5.74, 6) is 0.580. The van der Waals surface area contributed by atoms with Gasteiger partial charge in [0.05, 0.1) is 0 Å². The van der Waals surface area contributed by atoms with E-state index in [9.17, 15) is 5.11 Å². The Labute approximate surface area is 102 Å². The molecule has 0 aliphatic rings. The third-order valence-electron chi connectivity index (χ3n) is 2.45. The molecule has 0 spiro atoms. The summed E-state index contributed by atoms with van der Waals surface area (Å²) < 4.78 is 0. The highest BCUT2D eigenvalue weighted by Crippen LogP contribution is 2.33. The first-order valence-corrected chi connectivity index (χ1v) is 5.88. The fourth-order valence-electron chi connectivity index (χ4n) is 1.74. The van der Waals surface area contributed by atoms with E-state index in [1.807, 2.05) is 33.8 Å². The summed E-state index contributed by atoms with van der Waals surface area (Å²) in [6.45, 7) is 7.93. The van der Waals surface area contributed by atoms with Gasteiger partial charge in [0.15, 0.2) is 0 Å². The number of rotatable bonds is 3. The third kappa shape index (κ3) is 3.39. The van der Waals surface area contributed by atoms with Gasteiger partial charge < -0.3 is 10.8 Å². The number of phenols is 1. The number of nitrogens with two attached hydrogens (primary N) is 1. The van der Waals surface area contributed by atoms with Crippen molar-refractivity contribution in [2.75, 3.05) is 0 Å². The molecule has 0 aliphatic carbocycles. The van der Waals surface area contributed by atoms with Gasteiger partial charge >= 0.3 is 0 Å². The van der Waals surface area contributed by atoms with E-state index in [1.54, 1.807) is 6.07 Å². The fraction of sp³-hybridized carbons (Fsp3) is 0.538. The number of hydrogen-bond acceptors (Lipinski definition) is 2. The van der Waals surface area contributed by atoms with Crippen LogP contribution in [0.25, 0.3) is 0 Å². The van der Waals surface area contributed by atoms with Crippen LogP contribution in [0.5, 0.6) is 5.75 Å². The molecule has 0 amide bonds. The lowest BCUT2D eigenvalue weighted by atomic mass is 9.91. The van der Waals surface area contributed by atoms with Crippen molar-refractivity contribution in [3.63, 3.8) is 0 Å². The Morgan fingerprint density at radius 1 is 1.38 bits per heavy atom. The molecule has 0 unspecified atom stereocenters. The molecular weight excluding hydrogens is 222 g/mol. The van der Waals surface area contributed by atoms with Crippen LogP contribution in [0.4, 0.5) is 0 Å². The maximum Gasteiger partial charge on any atom is 0.122 e. The van der Waals surface area contributed by atoms with Crippen LogP contribution in [0.2, 0.25) is 5.02 Å². The molecule has 3 N–H and O–H groups in total. The predicted octanol–water partition coefficient (Wildman–Crippen LogP) is 3.45. The van der Waals surface area contributed by atoms with Crippen molar-refractivity contribution in [1.82, 2.24) is 0 Å². The molecule has 0 heterocycles. The van der Waals surface area contributed by atoms with Crippen molar-refractivity contribution < 1.29 is 5.11 Å². The molecule has 0 aromatic heterocycles. The molecule has 1 aromatic rings. The summed E-state index contributed by atoms with van der Waals surface area (Å²) in [6, 6.07) is 3.60. The fourth-order valence-corrected chi connectivity index (χ4v) is 1.99. The zero-order chi connectivity index (χ0) is 12.5. The van der Waals surface area contributed by atoms with Gasteiger partial charge in [-0.15, -0.1) is 0 Å². The van der Waals surface area contributed by atoms with Crippen LogP contribution in [-0.4, -0.2) is 10.6 Å². The number of benzene rings is 1. The maximum atomic E-state index is 10.1. The number of hydrogen-bond donors (Lipinski definition) is 2. The minimum Gasteiger partial charge on any atom is -0.507 e. The second kappa shape index (κ2) is 4.64. The molecule has 90 valence electrons. The van der Waals surface area contributed by atoms with Gasteiger partial charge in [-0.25, -0.2) is 0 Å². The van der Waals surface area contributed by atoms with Crippen LogP contribution in [0, 0.1) is 0 Å². The molecule has 0 fully saturated rings. The molecule has 1 aromatic carbocycles. The van der Waals surface area contributed by atoms with Crippen molar-refractivity contribution in [3.05, 3.63) is 28.3 Å². The Morgan fingerprint density at radius 3 is 2.38 bits per heavy atom. The van der Waals surface area contributed by atoms with E-state index in [4.69, 9.17) is 17.3 Å². The van der Waals surface area contributed by atoms with E-state index in [-0.39, 0.29) is 11.5 Å². The molecule has 16 heavy (non-hydrogen) atoms. The molecule has 0 bridgehead atoms. The normalized spacial score (nSPS) is 12.2. The topological polar surface area (TPSA) is 46.2 Å². The van der Waals surface area contributed by atoms with Crippen LogP contribution in [-0.2, 0) is 6.42 Å². The van der Waals surface area contributed by atoms with E-state index in [1.165, 1.54) is 0 Å². The van der Waals surface area contributed by atoms with E-state index in [0.29, 0.717) is 17.2 Å². The number of aromatic hydroxyl groups is 1. The number of phenolic OH excluding ortho intramolecular Hbond substituents is 1. The molecule has 0 saturated heterocycles. The van der Waals surface area contributed by atoms with Crippen LogP contribution in [0.15, 0.2) is 12.1 Å². The zero-order valence-corrected chi connectivity index (χ0v) is 11.1. The quantitative estimate of drug-likeness (QED) is 0.852. The van der Waals surface area contributed by atoms with Crippen molar-refractivity contribution in [2.45, 2.75) is 45.6 Å². The molecule has 0 saturated carbocycles. The summed E-state index contributed by atoms with van der Waals surface area (Å²) >= 11 is 6.04. The largest absolute Gasteiger partial charge is 0.507 e. The summed E-state index contributed by atoms with van der Waals surface area (Å²) in [4.78, 5) is 0. The molecule has 2 nitrogen and oxygen atoms in total. The predicted molar refractivity (Wildman–Crippen MR) is 69.2 cm³/mol. The standard InChI is InChI=1S/C13H20ClNO/c1-8(2)11-6-10(14)5-9(12(11)16)7-13(3,4)15/h5-6,8,16H,7,15H2,1-4H3. The Hall–Kier alpha value is -0.730. The highest BCUT2D eigenvalue weighted by Gasteiger charge is 2.18. The minimum atomic E-state index is -0.351. The van der Waals surface area contributed by atoms with Crippen LogP contribution in [0.1, 0.15) is 44.7 Å². The van der Waals surface area contributed by atoms with E-state index in [0.717, 1.165) is 11.1 Å². The smallest absolute Gasteiger partial charge is 0.122 e. The van der Waals surface area contributed by atoms with Crippen molar-refractivity contribution in [3.8, 4) is 5.75 Å². The van der Waals surface area contributed by atoms with Crippen LogP contribution < -0.4 is 5.73 Å². The lowest BCUT2D eigenvalue weighted by molar-refractivity contribution is 0.441. The Balaban J connectivity index is 3.19. The molecule has 0 radical (unpaired) electrons. The zero-order valence-electron chi connectivity index (χ0n) is 10.3. The van der Waals surface area contributed by atoms with E-state index in [2.05, 4.69) is 0 Å². The van der Waals surface area contributed by atoms with Gasteiger partial charge in [0.2, 0.25) is 0 Å². The molecule has 0 atom stereocenters. The third-order valence-corrected chi connectivity index (χ3v) is 2.67. The Bertz CT molecular complexity index is 380. The monoisotopic (exact) mass is 241 g/mol. The van der Waals surface area contributed by atoms with Crippen molar-refractivity contribution in [2.24, 2.45) is 5.73 Å². The van der Waals surface area contributed by atoms with Crippen molar-refractivity contribution >= 4 is 11.6 Å². The van der Waals surface area contributed by atoms with Gasteiger partial charge in [0, 0.05) is 10.6 Å². The minimum absolute atomic E-state index is 0.248. The van der Waals surface area contributed by atoms with Gasteiger partial charge in [-0.2, -0.15) is 0 Å². The van der Waals surface area contributed by atoms with Gasteiger partial charge in [-0.1, -0.05) is 25.4 Å². The maximum absolute atomic E-state index is 10.1. The number of halogens is 1. The average Bonchev–Trinajstić information content (AvgIpc) is 2.07. The second-order valence-corrected chi connectivity index (χ2v) is 5.76. The summed E-state index contributed by atoms with van der Waals surface area (Å²) in [5, 5.41) is 10.8. The highest BCUT2D eigenvalue weighted by molar-refractivity contribution is 6.30. The van der Waals surface area contributed by atoms with E-state index >= 15 is 0 Å². The molecular formula is C13H20ClNO. The molecule has 3 heteroatoms. The average molecular weight is 242 g/mol. The lowest BCUT2D eigenvalue weighted by Crippen LogP contribution is -2.34. The van der Waals surface area contributed by atoms with Gasteiger partial charge in [-0.05, 0) is 49.4 Å². The van der Waals surface area contributed by atoms with Crippen LogP contribution in [0.3, 0.4) is 0 Å². The first kappa shape index (κ1) is 13.3. The van der Waals surface area contributed by atoms with Crippen molar-refractivity contribution in [1.29, 1.82) is 0 Å². The summed E-state index contributed by atoms with van der Waals surface area (Å²) in [6.07, 6.45) is 0.610. The molecule has 0 aliphatic heterocycles. The second-order valence-electron chi connectivity index (χ2n) is 5.32. The van der Waals surface area contributed by atoms with E-state index < -0.39 is 0 Å². The summed E-state index contributed by atoms with van der Waals surface area (Å²) in [7, 11) is 0. The Morgan fingerprint density at radius 2 is 1.94 bits per heavy atom.